The summed E-state index contributed by atoms with van der Waals surface area (Å²) in [7, 11) is 3.44. The van der Waals surface area contributed by atoms with Crippen molar-refractivity contribution in [3.63, 3.8) is 0 Å². The first kappa shape index (κ1) is 20.8. The second-order valence-electron chi connectivity index (χ2n) is 9.22. The number of benzene rings is 1. The quantitative estimate of drug-likeness (QED) is 0.742. The number of fused-ring (bicyclic) bond motifs is 2. The Kier molecular flexibility index (Phi) is 6.30. The number of hydrogen-bond acceptors (Lipinski definition) is 4. The second kappa shape index (κ2) is 9.11. The Labute approximate surface area is 178 Å². The molecule has 2 saturated carbocycles. The number of aryl methyl sites for hydroxylation is 1. The van der Waals surface area contributed by atoms with Gasteiger partial charge in [0.2, 0.25) is 5.88 Å². The highest BCUT2D eigenvalue weighted by Crippen LogP contribution is 2.44. The lowest BCUT2D eigenvalue weighted by Crippen LogP contribution is -2.36. The van der Waals surface area contributed by atoms with Crippen molar-refractivity contribution in [3.05, 3.63) is 41.6 Å². The van der Waals surface area contributed by atoms with Crippen molar-refractivity contribution in [2.75, 3.05) is 13.7 Å². The number of methoxy groups -OCH3 is 1. The number of ether oxygens (including phenoxy) is 2. The van der Waals surface area contributed by atoms with Gasteiger partial charge in [0.25, 0.3) is 5.91 Å². The lowest BCUT2D eigenvalue weighted by atomic mass is 9.65. The average Bonchev–Trinajstić information content (AvgIpc) is 3.10. The molecule has 2 bridgehead atoms. The van der Waals surface area contributed by atoms with Crippen LogP contribution >= 0.6 is 0 Å². The summed E-state index contributed by atoms with van der Waals surface area (Å²) in [5.41, 5.74) is 1.50. The largest absolute Gasteiger partial charge is 0.497 e. The van der Waals surface area contributed by atoms with Gasteiger partial charge in [-0.2, -0.15) is 5.10 Å². The van der Waals surface area contributed by atoms with E-state index >= 15 is 0 Å². The summed E-state index contributed by atoms with van der Waals surface area (Å²) in [5.74, 6) is 4.35. The van der Waals surface area contributed by atoms with Gasteiger partial charge in [-0.1, -0.05) is 19.1 Å². The topological polar surface area (TPSA) is 65.4 Å². The SMILES string of the molecule is COc1ccc(COc2c(C(=O)NCC3CC4CC(C)CC(C3)C4)cnn2C)cc1. The average molecular weight is 412 g/mol. The van der Waals surface area contributed by atoms with Crippen molar-refractivity contribution >= 4 is 5.91 Å². The molecule has 4 rings (SSSR count). The molecule has 2 unspecified atom stereocenters. The molecule has 1 amide bonds. The van der Waals surface area contributed by atoms with Crippen LogP contribution in [0.3, 0.4) is 0 Å². The molecule has 2 aromatic rings. The molecule has 30 heavy (non-hydrogen) atoms. The summed E-state index contributed by atoms with van der Waals surface area (Å²) < 4.78 is 12.8. The lowest BCUT2D eigenvalue weighted by molar-refractivity contribution is 0.0866. The maximum absolute atomic E-state index is 12.9. The molecule has 2 aliphatic rings. The molecule has 1 aromatic carbocycles. The Morgan fingerprint density at radius 2 is 1.83 bits per heavy atom. The second-order valence-corrected chi connectivity index (χ2v) is 9.22. The molecule has 0 aliphatic heterocycles. The number of nitrogens with one attached hydrogen (secondary N) is 1. The van der Waals surface area contributed by atoms with Crippen LogP contribution in [0.2, 0.25) is 0 Å². The number of aromatic nitrogens is 2. The van der Waals surface area contributed by atoms with E-state index in [9.17, 15) is 4.79 Å². The minimum absolute atomic E-state index is 0.100. The number of carbonyl (C=O) groups is 1. The molecule has 0 spiro atoms. The van der Waals surface area contributed by atoms with Crippen molar-refractivity contribution in [2.45, 2.75) is 45.6 Å². The van der Waals surface area contributed by atoms with E-state index in [0.29, 0.717) is 24.0 Å². The van der Waals surface area contributed by atoms with E-state index in [1.54, 1.807) is 25.0 Å². The van der Waals surface area contributed by atoms with E-state index in [1.165, 1.54) is 32.1 Å². The Bertz CT molecular complexity index is 843. The summed E-state index contributed by atoms with van der Waals surface area (Å²) >= 11 is 0. The van der Waals surface area contributed by atoms with E-state index in [0.717, 1.165) is 35.6 Å². The van der Waals surface area contributed by atoms with Crippen LogP contribution in [0.25, 0.3) is 0 Å². The van der Waals surface area contributed by atoms with Gasteiger partial charge in [0, 0.05) is 13.6 Å². The van der Waals surface area contributed by atoms with Crippen molar-refractivity contribution in [1.29, 1.82) is 0 Å². The van der Waals surface area contributed by atoms with Crippen molar-refractivity contribution in [1.82, 2.24) is 15.1 Å². The van der Waals surface area contributed by atoms with Gasteiger partial charge in [-0.05, 0) is 73.5 Å². The summed E-state index contributed by atoms with van der Waals surface area (Å²) in [6.07, 6.45) is 8.18. The van der Waals surface area contributed by atoms with Crippen molar-refractivity contribution in [2.24, 2.45) is 30.7 Å². The third kappa shape index (κ3) is 4.79. The molecule has 2 atom stereocenters. The molecule has 6 heteroatoms. The molecular formula is C24H33N3O3. The maximum atomic E-state index is 12.9. The van der Waals surface area contributed by atoms with Crippen LogP contribution in [0.4, 0.5) is 0 Å². The van der Waals surface area contributed by atoms with Crippen LogP contribution in [0.1, 0.15) is 54.9 Å². The van der Waals surface area contributed by atoms with Crippen LogP contribution in [0.15, 0.2) is 30.5 Å². The minimum atomic E-state index is -0.100. The Morgan fingerprint density at radius 1 is 1.13 bits per heavy atom. The van der Waals surface area contributed by atoms with Crippen molar-refractivity contribution in [3.8, 4) is 11.6 Å². The maximum Gasteiger partial charge on any atom is 0.258 e. The molecule has 2 aliphatic carbocycles. The molecular weight excluding hydrogens is 378 g/mol. The minimum Gasteiger partial charge on any atom is -0.497 e. The number of hydrogen-bond donors (Lipinski definition) is 1. The fraction of sp³-hybridized carbons (Fsp3) is 0.583. The zero-order chi connectivity index (χ0) is 21.1. The normalized spacial score (nSPS) is 25.6. The van der Waals surface area contributed by atoms with Crippen LogP contribution in [-0.4, -0.2) is 29.3 Å². The number of nitrogens with zero attached hydrogens (tertiary/aromatic N) is 2. The number of rotatable bonds is 7. The highest BCUT2D eigenvalue weighted by atomic mass is 16.5. The van der Waals surface area contributed by atoms with Gasteiger partial charge in [-0.15, -0.1) is 0 Å². The van der Waals surface area contributed by atoms with Gasteiger partial charge in [0.05, 0.1) is 13.3 Å². The van der Waals surface area contributed by atoms with Gasteiger partial charge in [-0.3, -0.25) is 4.79 Å². The number of carbonyl (C=O) groups excluding carboxylic acids is 1. The van der Waals surface area contributed by atoms with Crippen LogP contribution < -0.4 is 14.8 Å². The van der Waals surface area contributed by atoms with Gasteiger partial charge in [0.15, 0.2) is 0 Å². The van der Waals surface area contributed by atoms with E-state index in [-0.39, 0.29) is 5.91 Å². The fourth-order valence-electron chi connectivity index (χ4n) is 5.45. The first-order valence-corrected chi connectivity index (χ1v) is 11.1. The predicted octanol–water partition coefficient (Wildman–Crippen LogP) is 4.20. The number of amides is 1. The zero-order valence-electron chi connectivity index (χ0n) is 18.3. The van der Waals surface area contributed by atoms with Crippen LogP contribution in [0, 0.1) is 23.7 Å². The Balaban J connectivity index is 1.33. The summed E-state index contributed by atoms with van der Waals surface area (Å²) in [5, 5.41) is 7.39. The molecule has 0 radical (unpaired) electrons. The predicted molar refractivity (Wildman–Crippen MR) is 116 cm³/mol. The Morgan fingerprint density at radius 3 is 2.50 bits per heavy atom. The highest BCUT2D eigenvalue weighted by molar-refractivity contribution is 5.96. The molecule has 1 N–H and O–H groups in total. The molecule has 0 saturated heterocycles. The first-order valence-electron chi connectivity index (χ1n) is 11.1. The first-order chi connectivity index (χ1) is 14.5. The highest BCUT2D eigenvalue weighted by Gasteiger charge is 2.34. The third-order valence-corrected chi connectivity index (χ3v) is 6.69. The summed E-state index contributed by atoms with van der Waals surface area (Å²) in [6.45, 7) is 3.50. The van der Waals surface area contributed by atoms with E-state index in [4.69, 9.17) is 9.47 Å². The van der Waals surface area contributed by atoms with Gasteiger partial charge >= 0.3 is 0 Å². The third-order valence-electron chi connectivity index (χ3n) is 6.69. The zero-order valence-corrected chi connectivity index (χ0v) is 18.3. The molecule has 1 aromatic heterocycles. The van der Waals surface area contributed by atoms with E-state index < -0.39 is 0 Å². The fourth-order valence-corrected chi connectivity index (χ4v) is 5.45. The smallest absolute Gasteiger partial charge is 0.258 e. The monoisotopic (exact) mass is 411 g/mol. The Hall–Kier alpha value is -2.50. The van der Waals surface area contributed by atoms with E-state index in [2.05, 4.69) is 17.3 Å². The van der Waals surface area contributed by atoms with Gasteiger partial charge in [0.1, 0.15) is 17.9 Å². The molecule has 162 valence electrons. The van der Waals surface area contributed by atoms with Gasteiger partial charge < -0.3 is 14.8 Å². The summed E-state index contributed by atoms with van der Waals surface area (Å²) in [6, 6.07) is 7.71. The molecule has 2 fully saturated rings. The molecule has 6 nitrogen and oxygen atoms in total. The van der Waals surface area contributed by atoms with Crippen LogP contribution in [0.5, 0.6) is 11.6 Å². The van der Waals surface area contributed by atoms with E-state index in [1.807, 2.05) is 24.3 Å². The van der Waals surface area contributed by atoms with Crippen LogP contribution in [-0.2, 0) is 13.7 Å². The standard InChI is InChI=1S/C24H33N3O3/c1-16-8-18-10-19(9-16)12-20(11-18)13-25-23(28)22-14-26-27(2)24(22)30-15-17-4-6-21(29-3)7-5-17/h4-7,14,16,18-20H,8-13,15H2,1-3H3,(H,25,28). The van der Waals surface area contributed by atoms with Gasteiger partial charge in [-0.25, -0.2) is 4.68 Å². The molecule has 1 heterocycles. The van der Waals surface area contributed by atoms with Crippen molar-refractivity contribution < 1.29 is 14.3 Å². The summed E-state index contributed by atoms with van der Waals surface area (Å²) in [4.78, 5) is 12.9. The lowest BCUT2D eigenvalue weighted by Gasteiger charge is -2.41.